The Hall–Kier alpha value is -0.610. The molecule has 2 N–H and O–H groups in total. The molecule has 0 aliphatic carbocycles. The zero-order valence-electron chi connectivity index (χ0n) is 6.76. The SMILES string of the molecule is COC(=O)C1(C)NCC[C@H]1O. The van der Waals surface area contributed by atoms with Gasteiger partial charge >= 0.3 is 5.97 Å². The Morgan fingerprint density at radius 2 is 2.45 bits per heavy atom. The number of rotatable bonds is 1. The summed E-state index contributed by atoms with van der Waals surface area (Å²) < 4.78 is 4.55. The average molecular weight is 159 g/mol. The number of carbonyl (C=O) groups is 1. The molecular formula is C7H13NO3. The van der Waals surface area contributed by atoms with Crippen molar-refractivity contribution in [3.05, 3.63) is 0 Å². The first-order valence-electron chi connectivity index (χ1n) is 3.63. The summed E-state index contributed by atoms with van der Waals surface area (Å²) >= 11 is 0. The van der Waals surface area contributed by atoms with E-state index in [0.29, 0.717) is 13.0 Å². The van der Waals surface area contributed by atoms with Crippen molar-refractivity contribution in [3.8, 4) is 0 Å². The lowest BCUT2D eigenvalue weighted by molar-refractivity contribution is -0.150. The van der Waals surface area contributed by atoms with Crippen LogP contribution in [0.4, 0.5) is 0 Å². The van der Waals surface area contributed by atoms with Crippen LogP contribution < -0.4 is 5.32 Å². The van der Waals surface area contributed by atoms with Gasteiger partial charge in [0, 0.05) is 0 Å². The fraction of sp³-hybridized carbons (Fsp3) is 0.857. The molecule has 0 aromatic heterocycles. The van der Waals surface area contributed by atoms with Gasteiger partial charge in [-0.15, -0.1) is 0 Å². The van der Waals surface area contributed by atoms with Crippen LogP contribution in [0.2, 0.25) is 0 Å². The van der Waals surface area contributed by atoms with Gasteiger partial charge in [-0.2, -0.15) is 0 Å². The Morgan fingerprint density at radius 3 is 2.82 bits per heavy atom. The summed E-state index contributed by atoms with van der Waals surface area (Å²) in [5, 5.41) is 12.3. The molecule has 4 heteroatoms. The van der Waals surface area contributed by atoms with Gasteiger partial charge in [0.05, 0.1) is 13.2 Å². The van der Waals surface area contributed by atoms with Gasteiger partial charge in [0.25, 0.3) is 0 Å². The second-order valence-electron chi connectivity index (χ2n) is 2.93. The van der Waals surface area contributed by atoms with Crippen molar-refractivity contribution >= 4 is 5.97 Å². The Labute approximate surface area is 65.5 Å². The summed E-state index contributed by atoms with van der Waals surface area (Å²) in [6, 6.07) is 0. The van der Waals surface area contributed by atoms with E-state index < -0.39 is 17.6 Å². The van der Waals surface area contributed by atoms with Crippen molar-refractivity contribution in [3.63, 3.8) is 0 Å². The molecule has 1 saturated heterocycles. The smallest absolute Gasteiger partial charge is 0.328 e. The Bertz CT molecular complexity index is 171. The molecule has 0 amide bonds. The molecule has 2 atom stereocenters. The second kappa shape index (κ2) is 2.79. The van der Waals surface area contributed by atoms with Gasteiger partial charge in [-0.25, -0.2) is 4.79 Å². The number of hydrogen-bond acceptors (Lipinski definition) is 4. The second-order valence-corrected chi connectivity index (χ2v) is 2.93. The number of aliphatic hydroxyl groups is 1. The minimum Gasteiger partial charge on any atom is -0.468 e. The molecule has 64 valence electrons. The van der Waals surface area contributed by atoms with Crippen LogP contribution in [0.1, 0.15) is 13.3 Å². The maximum atomic E-state index is 11.1. The Kier molecular flexibility index (Phi) is 2.15. The zero-order chi connectivity index (χ0) is 8.48. The molecule has 1 aliphatic heterocycles. The van der Waals surface area contributed by atoms with Crippen LogP contribution in [-0.4, -0.2) is 36.4 Å². The maximum absolute atomic E-state index is 11.1. The molecule has 1 rings (SSSR count). The summed E-state index contributed by atoms with van der Waals surface area (Å²) in [7, 11) is 1.32. The van der Waals surface area contributed by atoms with Crippen molar-refractivity contribution in [2.45, 2.75) is 25.0 Å². The minimum atomic E-state index is -0.894. The van der Waals surface area contributed by atoms with E-state index in [-0.39, 0.29) is 0 Å². The molecule has 1 heterocycles. The number of aliphatic hydroxyl groups excluding tert-OH is 1. The third kappa shape index (κ3) is 1.23. The van der Waals surface area contributed by atoms with Crippen LogP contribution in [0.3, 0.4) is 0 Å². The summed E-state index contributed by atoms with van der Waals surface area (Å²) in [4.78, 5) is 11.1. The summed E-state index contributed by atoms with van der Waals surface area (Å²) in [6.45, 7) is 2.31. The normalized spacial score (nSPS) is 37.2. The number of esters is 1. The van der Waals surface area contributed by atoms with Gasteiger partial charge in [0.15, 0.2) is 0 Å². The molecule has 1 fully saturated rings. The van der Waals surface area contributed by atoms with Gasteiger partial charge in [-0.3, -0.25) is 5.32 Å². The highest BCUT2D eigenvalue weighted by Gasteiger charge is 2.44. The van der Waals surface area contributed by atoms with Gasteiger partial charge in [-0.1, -0.05) is 0 Å². The third-order valence-electron chi connectivity index (χ3n) is 2.19. The van der Waals surface area contributed by atoms with E-state index in [1.165, 1.54) is 7.11 Å². The van der Waals surface area contributed by atoms with E-state index in [1.54, 1.807) is 6.92 Å². The molecule has 0 spiro atoms. The first-order chi connectivity index (χ1) is 5.11. The standard InChI is InChI=1S/C7H13NO3/c1-7(6(10)11-2)5(9)3-4-8-7/h5,8-9H,3-4H2,1-2H3/t5-,7?/m1/s1. The minimum absolute atomic E-state index is 0.400. The van der Waals surface area contributed by atoms with Crippen molar-refractivity contribution in [2.24, 2.45) is 0 Å². The largest absolute Gasteiger partial charge is 0.468 e. The Balaban J connectivity index is 2.72. The third-order valence-corrected chi connectivity index (χ3v) is 2.19. The van der Waals surface area contributed by atoms with Crippen molar-refractivity contribution in [1.29, 1.82) is 0 Å². The predicted molar refractivity (Wildman–Crippen MR) is 39.0 cm³/mol. The van der Waals surface area contributed by atoms with Gasteiger partial charge in [0.2, 0.25) is 0 Å². The van der Waals surface area contributed by atoms with Crippen LogP contribution in [-0.2, 0) is 9.53 Å². The lowest BCUT2D eigenvalue weighted by Gasteiger charge is -2.24. The average Bonchev–Trinajstić information content (AvgIpc) is 2.32. The summed E-state index contributed by atoms with van der Waals surface area (Å²) in [5.74, 6) is -0.400. The first kappa shape index (κ1) is 8.49. The number of hydrogen-bond donors (Lipinski definition) is 2. The summed E-state index contributed by atoms with van der Waals surface area (Å²) in [5.41, 5.74) is -0.894. The number of ether oxygens (including phenoxy) is 1. The number of nitrogens with one attached hydrogen (secondary N) is 1. The molecule has 0 aromatic carbocycles. The highest BCUT2D eigenvalue weighted by molar-refractivity contribution is 5.81. The fourth-order valence-corrected chi connectivity index (χ4v) is 1.30. The molecule has 0 aromatic rings. The molecule has 11 heavy (non-hydrogen) atoms. The van der Waals surface area contributed by atoms with Gasteiger partial charge in [-0.05, 0) is 19.9 Å². The lowest BCUT2D eigenvalue weighted by Crippen LogP contribution is -2.52. The lowest BCUT2D eigenvalue weighted by atomic mass is 9.97. The van der Waals surface area contributed by atoms with Crippen LogP contribution in [0, 0.1) is 0 Å². The molecule has 1 unspecified atom stereocenters. The van der Waals surface area contributed by atoms with E-state index in [4.69, 9.17) is 0 Å². The van der Waals surface area contributed by atoms with Crippen molar-refractivity contribution < 1.29 is 14.6 Å². The van der Waals surface area contributed by atoms with Crippen molar-refractivity contribution in [2.75, 3.05) is 13.7 Å². The highest BCUT2D eigenvalue weighted by Crippen LogP contribution is 2.20. The zero-order valence-corrected chi connectivity index (χ0v) is 6.76. The van der Waals surface area contributed by atoms with E-state index in [1.807, 2.05) is 0 Å². The fourth-order valence-electron chi connectivity index (χ4n) is 1.30. The number of carbonyl (C=O) groups excluding carboxylic acids is 1. The summed E-state index contributed by atoms with van der Waals surface area (Å²) in [6.07, 6.45) is -0.0269. The molecule has 0 bridgehead atoms. The van der Waals surface area contributed by atoms with Crippen LogP contribution in [0.15, 0.2) is 0 Å². The maximum Gasteiger partial charge on any atom is 0.328 e. The van der Waals surface area contributed by atoms with Crippen LogP contribution in [0.5, 0.6) is 0 Å². The topological polar surface area (TPSA) is 58.6 Å². The van der Waals surface area contributed by atoms with E-state index in [0.717, 1.165) is 0 Å². The van der Waals surface area contributed by atoms with Crippen LogP contribution in [0.25, 0.3) is 0 Å². The van der Waals surface area contributed by atoms with E-state index >= 15 is 0 Å². The van der Waals surface area contributed by atoms with E-state index in [9.17, 15) is 9.90 Å². The highest BCUT2D eigenvalue weighted by atomic mass is 16.5. The Morgan fingerprint density at radius 1 is 1.82 bits per heavy atom. The monoisotopic (exact) mass is 159 g/mol. The quantitative estimate of drug-likeness (QED) is 0.495. The number of methoxy groups -OCH3 is 1. The molecular weight excluding hydrogens is 146 g/mol. The molecule has 4 nitrogen and oxygen atoms in total. The van der Waals surface area contributed by atoms with Gasteiger partial charge < -0.3 is 9.84 Å². The molecule has 0 radical (unpaired) electrons. The van der Waals surface area contributed by atoms with E-state index in [2.05, 4.69) is 10.1 Å². The van der Waals surface area contributed by atoms with Crippen LogP contribution >= 0.6 is 0 Å². The molecule has 0 saturated carbocycles. The molecule has 1 aliphatic rings. The first-order valence-corrected chi connectivity index (χ1v) is 3.63. The van der Waals surface area contributed by atoms with Crippen molar-refractivity contribution in [1.82, 2.24) is 5.32 Å². The van der Waals surface area contributed by atoms with Gasteiger partial charge in [0.1, 0.15) is 5.54 Å². The predicted octanol–water partition coefficient (Wildman–Crippen LogP) is -0.728.